The van der Waals surface area contributed by atoms with E-state index in [0.717, 1.165) is 38.0 Å². The van der Waals surface area contributed by atoms with Crippen LogP contribution in [0.15, 0.2) is 48.5 Å². The molecule has 2 aromatic carbocycles. The second kappa shape index (κ2) is 8.34. The highest BCUT2D eigenvalue weighted by Crippen LogP contribution is 2.31. The van der Waals surface area contributed by atoms with Crippen LogP contribution in [0.4, 0.5) is 11.4 Å². The molecule has 1 heterocycles. The summed E-state index contributed by atoms with van der Waals surface area (Å²) >= 11 is 5.40. The van der Waals surface area contributed by atoms with Crippen LogP contribution in [-0.4, -0.2) is 24.2 Å². The highest BCUT2D eigenvalue weighted by Gasteiger charge is 2.24. The van der Waals surface area contributed by atoms with Gasteiger partial charge < -0.3 is 15.5 Å². The lowest BCUT2D eigenvalue weighted by molar-refractivity contribution is 0.641. The largest absolute Gasteiger partial charge is 0.368 e. The maximum absolute atomic E-state index is 5.40. The van der Waals surface area contributed by atoms with E-state index in [4.69, 9.17) is 12.2 Å². The highest BCUT2D eigenvalue weighted by atomic mass is 32.1. The van der Waals surface area contributed by atoms with Gasteiger partial charge in [-0.15, -0.1) is 0 Å². The minimum atomic E-state index is 0.583. The van der Waals surface area contributed by atoms with Crippen molar-refractivity contribution in [1.29, 1.82) is 0 Å². The van der Waals surface area contributed by atoms with Crippen LogP contribution in [0.3, 0.4) is 0 Å². The first-order chi connectivity index (χ1) is 12.2. The number of thiocarbonyl (C=S) groups is 1. The Labute approximate surface area is 156 Å². The number of fused-ring (bicyclic) bond motifs is 1. The quantitative estimate of drug-likeness (QED) is 0.595. The molecule has 3 rings (SSSR count). The lowest BCUT2D eigenvalue weighted by Gasteiger charge is -2.25. The molecular formula is C21H27N3S. The standard InChI is InChI=1S/C21H27N3S/c1-3-17-9-11-19(12-10-17)23-21(25)22-13-6-14-24-16(2)15-18-7-4-5-8-20(18)24/h4-5,7-12,16H,3,6,13-15H2,1-2H3,(H2,22,23,25). The van der Waals surface area contributed by atoms with Crippen LogP contribution >= 0.6 is 12.2 Å². The third-order valence-corrected chi connectivity index (χ3v) is 5.08. The van der Waals surface area contributed by atoms with Crippen molar-refractivity contribution in [2.75, 3.05) is 23.3 Å². The normalized spacial score (nSPS) is 15.8. The number of hydrogen-bond donors (Lipinski definition) is 2. The predicted molar refractivity (Wildman–Crippen MR) is 112 cm³/mol. The zero-order chi connectivity index (χ0) is 17.6. The average Bonchev–Trinajstić information content (AvgIpc) is 2.95. The Morgan fingerprint density at radius 1 is 1.16 bits per heavy atom. The maximum Gasteiger partial charge on any atom is 0.170 e. The molecule has 0 saturated heterocycles. The van der Waals surface area contributed by atoms with Crippen molar-refractivity contribution >= 4 is 28.7 Å². The first-order valence-electron chi connectivity index (χ1n) is 9.15. The second-order valence-corrected chi connectivity index (χ2v) is 7.07. The number of benzene rings is 2. The van der Waals surface area contributed by atoms with Crippen molar-refractivity contribution in [3.63, 3.8) is 0 Å². The average molecular weight is 354 g/mol. The van der Waals surface area contributed by atoms with Gasteiger partial charge >= 0.3 is 0 Å². The smallest absolute Gasteiger partial charge is 0.170 e. The minimum Gasteiger partial charge on any atom is -0.368 e. The highest BCUT2D eigenvalue weighted by molar-refractivity contribution is 7.80. The SMILES string of the molecule is CCc1ccc(NC(=S)NCCCN2c3ccccc3CC2C)cc1. The van der Waals surface area contributed by atoms with Gasteiger partial charge in [0.2, 0.25) is 0 Å². The van der Waals surface area contributed by atoms with Gasteiger partial charge in [0.1, 0.15) is 0 Å². The molecular weight excluding hydrogens is 326 g/mol. The van der Waals surface area contributed by atoms with Gasteiger partial charge in [-0.3, -0.25) is 0 Å². The molecule has 25 heavy (non-hydrogen) atoms. The Bertz CT molecular complexity index is 711. The minimum absolute atomic E-state index is 0.583. The zero-order valence-electron chi connectivity index (χ0n) is 15.1. The molecule has 132 valence electrons. The fourth-order valence-electron chi connectivity index (χ4n) is 3.42. The summed E-state index contributed by atoms with van der Waals surface area (Å²) in [5.74, 6) is 0. The van der Waals surface area contributed by atoms with E-state index in [1.165, 1.54) is 16.8 Å². The van der Waals surface area contributed by atoms with Gasteiger partial charge in [-0.2, -0.15) is 0 Å². The van der Waals surface area contributed by atoms with Gasteiger partial charge in [-0.25, -0.2) is 0 Å². The number of para-hydroxylation sites is 1. The van der Waals surface area contributed by atoms with E-state index in [1.807, 2.05) is 0 Å². The van der Waals surface area contributed by atoms with Gasteiger partial charge in [0, 0.05) is 30.5 Å². The number of aryl methyl sites for hydroxylation is 1. The van der Waals surface area contributed by atoms with Gasteiger partial charge in [-0.1, -0.05) is 37.3 Å². The molecule has 0 bridgehead atoms. The molecule has 0 saturated carbocycles. The Kier molecular flexibility index (Phi) is 5.92. The molecule has 1 aliphatic rings. The van der Waals surface area contributed by atoms with Gasteiger partial charge in [0.25, 0.3) is 0 Å². The maximum atomic E-state index is 5.40. The summed E-state index contributed by atoms with van der Waals surface area (Å²) in [7, 11) is 0. The van der Waals surface area contributed by atoms with Crippen LogP contribution in [0.1, 0.15) is 31.4 Å². The van der Waals surface area contributed by atoms with Crippen molar-refractivity contribution in [2.24, 2.45) is 0 Å². The number of anilines is 2. The molecule has 0 radical (unpaired) electrons. The second-order valence-electron chi connectivity index (χ2n) is 6.66. The van der Waals surface area contributed by atoms with E-state index in [1.54, 1.807) is 0 Å². The van der Waals surface area contributed by atoms with Crippen LogP contribution < -0.4 is 15.5 Å². The molecule has 1 atom stereocenters. The van der Waals surface area contributed by atoms with Crippen molar-refractivity contribution in [2.45, 2.75) is 39.2 Å². The summed E-state index contributed by atoms with van der Waals surface area (Å²) in [6.45, 7) is 6.40. The summed E-state index contributed by atoms with van der Waals surface area (Å²) in [6, 6.07) is 17.8. The fourth-order valence-corrected chi connectivity index (χ4v) is 3.64. The van der Waals surface area contributed by atoms with Crippen LogP contribution in [-0.2, 0) is 12.8 Å². The molecule has 0 aliphatic carbocycles. The summed E-state index contributed by atoms with van der Waals surface area (Å²) < 4.78 is 0. The summed E-state index contributed by atoms with van der Waals surface area (Å²) in [5.41, 5.74) is 5.24. The third-order valence-electron chi connectivity index (χ3n) is 4.83. The third kappa shape index (κ3) is 4.51. The van der Waals surface area contributed by atoms with E-state index in [-0.39, 0.29) is 0 Å². The molecule has 2 N–H and O–H groups in total. The predicted octanol–water partition coefficient (Wildman–Crippen LogP) is 4.38. The Morgan fingerprint density at radius 3 is 2.68 bits per heavy atom. The molecule has 1 aliphatic heterocycles. The molecule has 0 fully saturated rings. The summed E-state index contributed by atoms with van der Waals surface area (Å²) in [5, 5.41) is 7.26. The molecule has 2 aromatic rings. The van der Waals surface area contributed by atoms with E-state index in [0.29, 0.717) is 11.2 Å². The van der Waals surface area contributed by atoms with Crippen molar-refractivity contribution < 1.29 is 0 Å². The molecule has 4 heteroatoms. The number of rotatable bonds is 6. The van der Waals surface area contributed by atoms with Crippen molar-refractivity contribution in [1.82, 2.24) is 5.32 Å². The lowest BCUT2D eigenvalue weighted by Crippen LogP contribution is -2.34. The van der Waals surface area contributed by atoms with Crippen LogP contribution in [0.5, 0.6) is 0 Å². The molecule has 1 unspecified atom stereocenters. The van der Waals surface area contributed by atoms with Crippen LogP contribution in [0.2, 0.25) is 0 Å². The van der Waals surface area contributed by atoms with E-state index < -0.39 is 0 Å². The monoisotopic (exact) mass is 353 g/mol. The topological polar surface area (TPSA) is 27.3 Å². The van der Waals surface area contributed by atoms with E-state index in [2.05, 4.69) is 77.9 Å². The van der Waals surface area contributed by atoms with E-state index >= 15 is 0 Å². The van der Waals surface area contributed by atoms with E-state index in [9.17, 15) is 0 Å². The first kappa shape index (κ1) is 17.7. The Morgan fingerprint density at radius 2 is 1.92 bits per heavy atom. The summed E-state index contributed by atoms with van der Waals surface area (Å²) in [6.07, 6.45) is 3.27. The van der Waals surface area contributed by atoms with Gasteiger partial charge in [-0.05, 0) is 67.7 Å². The Hall–Kier alpha value is -2.07. The number of hydrogen-bond acceptors (Lipinski definition) is 2. The van der Waals surface area contributed by atoms with Crippen LogP contribution in [0.25, 0.3) is 0 Å². The number of nitrogens with one attached hydrogen (secondary N) is 2. The Balaban J connectivity index is 1.41. The zero-order valence-corrected chi connectivity index (χ0v) is 15.9. The van der Waals surface area contributed by atoms with Crippen LogP contribution in [0, 0.1) is 0 Å². The van der Waals surface area contributed by atoms with Gasteiger partial charge in [0.15, 0.2) is 5.11 Å². The molecule has 0 aromatic heterocycles. The van der Waals surface area contributed by atoms with Gasteiger partial charge in [0.05, 0.1) is 0 Å². The molecule has 3 nitrogen and oxygen atoms in total. The van der Waals surface area contributed by atoms with Crippen molar-refractivity contribution in [3.05, 3.63) is 59.7 Å². The molecule has 0 amide bonds. The fraction of sp³-hybridized carbons (Fsp3) is 0.381. The lowest BCUT2D eigenvalue weighted by atomic mass is 10.1. The summed E-state index contributed by atoms with van der Waals surface area (Å²) in [4.78, 5) is 2.51. The van der Waals surface area contributed by atoms with Crippen molar-refractivity contribution in [3.8, 4) is 0 Å². The molecule has 0 spiro atoms. The first-order valence-corrected chi connectivity index (χ1v) is 9.56. The number of nitrogens with zero attached hydrogens (tertiary/aromatic N) is 1.